The van der Waals surface area contributed by atoms with Crippen molar-refractivity contribution in [2.45, 2.75) is 33.3 Å². The number of anilines is 2. The van der Waals surface area contributed by atoms with Gasteiger partial charge in [-0.1, -0.05) is 29.8 Å². The second-order valence-electron chi connectivity index (χ2n) is 6.89. The number of hydrogen-bond donors (Lipinski definition) is 1. The van der Waals surface area contributed by atoms with Crippen LogP contribution >= 0.6 is 0 Å². The zero-order chi connectivity index (χ0) is 18.7. The molecule has 1 aliphatic heterocycles. The summed E-state index contributed by atoms with van der Waals surface area (Å²) in [6, 6.07) is 15.1. The van der Waals surface area contributed by atoms with E-state index in [4.69, 9.17) is 4.74 Å². The molecule has 3 rings (SSSR count). The average molecular weight is 352 g/mol. The molecule has 1 N–H and O–H groups in total. The van der Waals surface area contributed by atoms with E-state index in [-0.39, 0.29) is 30.3 Å². The molecule has 0 aromatic heterocycles. The SMILES string of the molecule is Cc1ccc(N2CC(C(=O)Nc3ccccc3OC(C)C)CC2=O)cc1. The van der Waals surface area contributed by atoms with Gasteiger partial charge in [-0.15, -0.1) is 0 Å². The van der Waals surface area contributed by atoms with Crippen molar-refractivity contribution in [3.8, 4) is 5.75 Å². The van der Waals surface area contributed by atoms with Crippen LogP contribution in [0.1, 0.15) is 25.8 Å². The zero-order valence-corrected chi connectivity index (χ0v) is 15.4. The summed E-state index contributed by atoms with van der Waals surface area (Å²) in [6.45, 7) is 6.27. The predicted octanol–water partition coefficient (Wildman–Crippen LogP) is 3.77. The molecule has 2 aromatic carbocycles. The molecular weight excluding hydrogens is 328 g/mol. The van der Waals surface area contributed by atoms with E-state index >= 15 is 0 Å². The first-order chi connectivity index (χ1) is 12.4. The van der Waals surface area contributed by atoms with Gasteiger partial charge in [0, 0.05) is 18.7 Å². The maximum atomic E-state index is 12.7. The summed E-state index contributed by atoms with van der Waals surface area (Å²) < 4.78 is 5.74. The molecular formula is C21H24N2O3. The van der Waals surface area contributed by atoms with Crippen molar-refractivity contribution in [2.75, 3.05) is 16.8 Å². The monoisotopic (exact) mass is 352 g/mol. The van der Waals surface area contributed by atoms with Gasteiger partial charge in [0.1, 0.15) is 5.75 Å². The first-order valence-corrected chi connectivity index (χ1v) is 8.87. The topological polar surface area (TPSA) is 58.6 Å². The van der Waals surface area contributed by atoms with Gasteiger partial charge in [-0.25, -0.2) is 0 Å². The number of carbonyl (C=O) groups excluding carboxylic acids is 2. The summed E-state index contributed by atoms with van der Waals surface area (Å²) in [4.78, 5) is 26.7. The number of ether oxygens (including phenoxy) is 1. The van der Waals surface area contributed by atoms with Crippen LogP contribution in [0.2, 0.25) is 0 Å². The van der Waals surface area contributed by atoms with Gasteiger partial charge in [0.15, 0.2) is 0 Å². The Morgan fingerprint density at radius 3 is 2.54 bits per heavy atom. The van der Waals surface area contributed by atoms with E-state index in [0.29, 0.717) is 18.0 Å². The van der Waals surface area contributed by atoms with Crippen molar-refractivity contribution in [3.63, 3.8) is 0 Å². The average Bonchev–Trinajstić information content (AvgIpc) is 2.99. The molecule has 5 heteroatoms. The lowest BCUT2D eigenvalue weighted by Crippen LogP contribution is -2.28. The molecule has 0 aliphatic carbocycles. The Hall–Kier alpha value is -2.82. The van der Waals surface area contributed by atoms with Crippen LogP contribution in [0, 0.1) is 12.8 Å². The molecule has 1 fully saturated rings. The number of amides is 2. The van der Waals surface area contributed by atoms with Crippen LogP contribution in [0.15, 0.2) is 48.5 Å². The lowest BCUT2D eigenvalue weighted by Gasteiger charge is -2.18. The van der Waals surface area contributed by atoms with Crippen LogP contribution in [0.25, 0.3) is 0 Å². The van der Waals surface area contributed by atoms with E-state index < -0.39 is 0 Å². The van der Waals surface area contributed by atoms with E-state index in [1.807, 2.05) is 69.3 Å². The molecule has 1 unspecified atom stereocenters. The van der Waals surface area contributed by atoms with E-state index in [2.05, 4.69) is 5.32 Å². The van der Waals surface area contributed by atoms with Gasteiger partial charge >= 0.3 is 0 Å². The molecule has 1 atom stereocenters. The molecule has 0 saturated carbocycles. The van der Waals surface area contributed by atoms with Crippen molar-refractivity contribution in [2.24, 2.45) is 5.92 Å². The second kappa shape index (κ2) is 7.60. The number of hydrogen-bond acceptors (Lipinski definition) is 3. The van der Waals surface area contributed by atoms with Crippen LogP contribution in [-0.4, -0.2) is 24.5 Å². The summed E-state index contributed by atoms with van der Waals surface area (Å²) in [5.41, 5.74) is 2.60. The molecule has 2 amide bonds. The van der Waals surface area contributed by atoms with E-state index in [1.165, 1.54) is 0 Å². The van der Waals surface area contributed by atoms with Crippen LogP contribution in [0.3, 0.4) is 0 Å². The predicted molar refractivity (Wildman–Crippen MR) is 102 cm³/mol. The molecule has 0 bridgehead atoms. The molecule has 5 nitrogen and oxygen atoms in total. The highest BCUT2D eigenvalue weighted by Gasteiger charge is 2.35. The van der Waals surface area contributed by atoms with E-state index in [1.54, 1.807) is 4.90 Å². The first kappa shape index (κ1) is 18.0. The number of aryl methyl sites for hydroxylation is 1. The number of nitrogens with zero attached hydrogens (tertiary/aromatic N) is 1. The molecule has 1 aliphatic rings. The third-order valence-corrected chi connectivity index (χ3v) is 4.35. The molecule has 1 heterocycles. The van der Waals surface area contributed by atoms with Gasteiger partial charge < -0.3 is 15.0 Å². The maximum absolute atomic E-state index is 12.7. The highest BCUT2D eigenvalue weighted by molar-refractivity contribution is 6.03. The number of para-hydroxylation sites is 2. The third kappa shape index (κ3) is 4.04. The highest BCUT2D eigenvalue weighted by atomic mass is 16.5. The Kier molecular flexibility index (Phi) is 5.26. The van der Waals surface area contributed by atoms with Crippen LogP contribution in [0.5, 0.6) is 5.75 Å². The van der Waals surface area contributed by atoms with Crippen molar-refractivity contribution in [1.29, 1.82) is 0 Å². The lowest BCUT2D eigenvalue weighted by atomic mass is 10.1. The summed E-state index contributed by atoms with van der Waals surface area (Å²) in [7, 11) is 0. The van der Waals surface area contributed by atoms with Crippen LogP contribution < -0.4 is 15.0 Å². The fourth-order valence-corrected chi connectivity index (χ4v) is 3.02. The van der Waals surface area contributed by atoms with Gasteiger partial charge in [0.2, 0.25) is 11.8 Å². The Bertz CT molecular complexity index is 799. The fourth-order valence-electron chi connectivity index (χ4n) is 3.02. The maximum Gasteiger partial charge on any atom is 0.229 e. The van der Waals surface area contributed by atoms with Gasteiger partial charge in [-0.2, -0.15) is 0 Å². The molecule has 1 saturated heterocycles. The lowest BCUT2D eigenvalue weighted by molar-refractivity contribution is -0.122. The standard InChI is InChI=1S/C21H24N2O3/c1-14(2)26-19-7-5-4-6-18(19)22-21(25)16-12-20(24)23(13-16)17-10-8-15(3)9-11-17/h4-11,14,16H,12-13H2,1-3H3,(H,22,25). The number of nitrogens with one attached hydrogen (secondary N) is 1. The van der Waals surface area contributed by atoms with Gasteiger partial charge in [0.25, 0.3) is 0 Å². The molecule has 136 valence electrons. The van der Waals surface area contributed by atoms with Crippen molar-refractivity contribution in [3.05, 3.63) is 54.1 Å². The number of rotatable bonds is 5. The van der Waals surface area contributed by atoms with Gasteiger partial charge in [0.05, 0.1) is 17.7 Å². The Labute approximate surface area is 154 Å². The van der Waals surface area contributed by atoms with Crippen LogP contribution in [0.4, 0.5) is 11.4 Å². The molecule has 0 radical (unpaired) electrons. The Balaban J connectivity index is 1.70. The van der Waals surface area contributed by atoms with Crippen LogP contribution in [-0.2, 0) is 9.59 Å². The summed E-state index contributed by atoms with van der Waals surface area (Å²) in [5.74, 6) is 0.0694. The smallest absolute Gasteiger partial charge is 0.229 e. The molecule has 0 spiro atoms. The summed E-state index contributed by atoms with van der Waals surface area (Å²) in [6.07, 6.45) is 0.227. The zero-order valence-electron chi connectivity index (χ0n) is 15.4. The fraction of sp³-hybridized carbons (Fsp3) is 0.333. The Morgan fingerprint density at radius 2 is 1.85 bits per heavy atom. The number of benzene rings is 2. The minimum atomic E-state index is -0.379. The number of carbonyl (C=O) groups is 2. The minimum Gasteiger partial charge on any atom is -0.489 e. The van der Waals surface area contributed by atoms with Gasteiger partial charge in [-0.3, -0.25) is 9.59 Å². The summed E-state index contributed by atoms with van der Waals surface area (Å²) >= 11 is 0. The minimum absolute atomic E-state index is 0.0122. The quantitative estimate of drug-likeness (QED) is 0.891. The van der Waals surface area contributed by atoms with E-state index in [9.17, 15) is 9.59 Å². The van der Waals surface area contributed by atoms with E-state index in [0.717, 1.165) is 11.3 Å². The normalized spacial score (nSPS) is 16.8. The van der Waals surface area contributed by atoms with Gasteiger partial charge in [-0.05, 0) is 45.0 Å². The first-order valence-electron chi connectivity index (χ1n) is 8.87. The van der Waals surface area contributed by atoms with Crippen molar-refractivity contribution >= 4 is 23.2 Å². The summed E-state index contributed by atoms with van der Waals surface area (Å²) in [5, 5.41) is 2.92. The Morgan fingerprint density at radius 1 is 1.15 bits per heavy atom. The van der Waals surface area contributed by atoms with Crippen molar-refractivity contribution in [1.82, 2.24) is 0 Å². The third-order valence-electron chi connectivity index (χ3n) is 4.35. The highest BCUT2D eigenvalue weighted by Crippen LogP contribution is 2.29. The molecule has 2 aromatic rings. The molecule has 26 heavy (non-hydrogen) atoms. The largest absolute Gasteiger partial charge is 0.489 e. The second-order valence-corrected chi connectivity index (χ2v) is 6.89. The van der Waals surface area contributed by atoms with Crippen molar-refractivity contribution < 1.29 is 14.3 Å².